The smallest absolute Gasteiger partial charge is 0.274 e. The Kier molecular flexibility index (Phi) is 9.44. The summed E-state index contributed by atoms with van der Waals surface area (Å²) in [6.45, 7) is 6.38. The number of amides is 1. The molecule has 4 heterocycles. The number of carbonyl (C=O) groups is 1. The molecule has 2 aliphatic heterocycles. The topological polar surface area (TPSA) is 111 Å². The van der Waals surface area contributed by atoms with Gasteiger partial charge in [-0.1, -0.05) is 41.9 Å². The SMILES string of the molecule is COc1cc(-c2nccc(-c3cccc(NC(=O)c4ccc(CN5CCC(O)C5)cn4)c3C)c2Cl)ccc1CN1CCC(O)C1. The minimum Gasteiger partial charge on any atom is -0.496 e. The molecule has 6 rings (SSSR count). The Balaban J connectivity index is 1.20. The molecule has 2 unspecified atom stereocenters. The zero-order chi connectivity index (χ0) is 31.5. The van der Waals surface area contributed by atoms with Gasteiger partial charge in [-0.15, -0.1) is 0 Å². The van der Waals surface area contributed by atoms with Crippen molar-refractivity contribution >= 4 is 23.2 Å². The van der Waals surface area contributed by atoms with E-state index in [2.05, 4.69) is 25.1 Å². The zero-order valence-electron chi connectivity index (χ0n) is 25.5. The molecule has 45 heavy (non-hydrogen) atoms. The summed E-state index contributed by atoms with van der Waals surface area (Å²) >= 11 is 7.02. The lowest BCUT2D eigenvalue weighted by atomic mass is 9.97. The van der Waals surface area contributed by atoms with E-state index in [1.54, 1.807) is 25.6 Å². The van der Waals surface area contributed by atoms with Gasteiger partial charge in [0, 0.05) is 74.0 Å². The lowest BCUT2D eigenvalue weighted by Crippen LogP contribution is -2.21. The number of methoxy groups -OCH3 is 1. The number of aliphatic hydroxyl groups is 2. The number of ether oxygens (including phenoxy) is 1. The number of likely N-dealkylation sites (tertiary alicyclic amines) is 2. The van der Waals surface area contributed by atoms with Crippen LogP contribution in [0.2, 0.25) is 5.02 Å². The van der Waals surface area contributed by atoms with Crippen LogP contribution in [0.5, 0.6) is 5.75 Å². The maximum atomic E-state index is 13.2. The number of carbonyl (C=O) groups excluding carboxylic acids is 1. The summed E-state index contributed by atoms with van der Waals surface area (Å²) in [5, 5.41) is 23.2. The van der Waals surface area contributed by atoms with Gasteiger partial charge >= 0.3 is 0 Å². The lowest BCUT2D eigenvalue weighted by molar-refractivity contribution is 0.102. The first kappa shape index (κ1) is 31.1. The Morgan fingerprint density at radius 2 is 1.73 bits per heavy atom. The van der Waals surface area contributed by atoms with Crippen LogP contribution >= 0.6 is 11.6 Å². The van der Waals surface area contributed by atoms with Crippen molar-refractivity contribution in [2.45, 2.75) is 45.1 Å². The van der Waals surface area contributed by atoms with Crippen molar-refractivity contribution in [3.05, 3.63) is 94.4 Å². The molecule has 234 valence electrons. The van der Waals surface area contributed by atoms with Crippen LogP contribution in [0.1, 0.15) is 40.0 Å². The predicted molar refractivity (Wildman–Crippen MR) is 175 cm³/mol. The van der Waals surface area contributed by atoms with Crippen LogP contribution < -0.4 is 10.1 Å². The third-order valence-corrected chi connectivity index (χ3v) is 9.06. The highest BCUT2D eigenvalue weighted by atomic mass is 35.5. The van der Waals surface area contributed by atoms with Crippen molar-refractivity contribution in [3.8, 4) is 28.1 Å². The summed E-state index contributed by atoms with van der Waals surface area (Å²) in [5.74, 6) is 0.449. The molecule has 0 spiro atoms. The molecule has 9 nitrogen and oxygen atoms in total. The number of benzene rings is 2. The van der Waals surface area contributed by atoms with Crippen LogP contribution in [0.15, 0.2) is 67.0 Å². The number of anilines is 1. The molecule has 2 aliphatic rings. The molecule has 0 radical (unpaired) electrons. The van der Waals surface area contributed by atoms with Crippen molar-refractivity contribution in [3.63, 3.8) is 0 Å². The van der Waals surface area contributed by atoms with E-state index in [1.807, 2.05) is 55.5 Å². The fourth-order valence-electron chi connectivity index (χ4n) is 6.19. The highest BCUT2D eigenvalue weighted by molar-refractivity contribution is 6.35. The van der Waals surface area contributed by atoms with Gasteiger partial charge in [-0.05, 0) is 60.7 Å². The first-order valence-corrected chi connectivity index (χ1v) is 15.7. The average molecular weight is 628 g/mol. The molecule has 2 saturated heterocycles. The summed E-state index contributed by atoms with van der Waals surface area (Å²) in [6, 6.07) is 17.2. The van der Waals surface area contributed by atoms with E-state index in [0.29, 0.717) is 48.3 Å². The number of pyridine rings is 2. The summed E-state index contributed by atoms with van der Waals surface area (Å²) in [6.07, 6.45) is 4.48. The van der Waals surface area contributed by atoms with E-state index in [4.69, 9.17) is 16.3 Å². The zero-order valence-corrected chi connectivity index (χ0v) is 26.3. The number of hydrogen-bond donors (Lipinski definition) is 3. The van der Waals surface area contributed by atoms with E-state index in [9.17, 15) is 15.0 Å². The second kappa shape index (κ2) is 13.6. The van der Waals surface area contributed by atoms with Crippen LogP contribution in [0.4, 0.5) is 5.69 Å². The Labute approximate surface area is 268 Å². The number of nitrogens with zero attached hydrogens (tertiary/aromatic N) is 4. The van der Waals surface area contributed by atoms with Crippen LogP contribution in [0.3, 0.4) is 0 Å². The summed E-state index contributed by atoms with van der Waals surface area (Å²) in [4.78, 5) is 26.6. The Bertz CT molecular complexity index is 1680. The normalized spacial score (nSPS) is 18.8. The number of nitrogens with one attached hydrogen (secondary N) is 1. The van der Waals surface area contributed by atoms with E-state index in [0.717, 1.165) is 65.1 Å². The number of rotatable bonds is 9. The maximum Gasteiger partial charge on any atom is 0.274 e. The number of aromatic nitrogens is 2. The van der Waals surface area contributed by atoms with Gasteiger partial charge in [0.05, 0.1) is 30.0 Å². The minimum atomic E-state index is -0.296. The lowest BCUT2D eigenvalue weighted by Gasteiger charge is -2.18. The second-order valence-electron chi connectivity index (χ2n) is 11.9. The Hall–Kier alpha value is -3.86. The van der Waals surface area contributed by atoms with E-state index in [1.165, 1.54) is 0 Å². The molecule has 2 aromatic heterocycles. The van der Waals surface area contributed by atoms with E-state index in [-0.39, 0.29) is 18.1 Å². The summed E-state index contributed by atoms with van der Waals surface area (Å²) < 4.78 is 5.73. The van der Waals surface area contributed by atoms with Crippen LogP contribution in [-0.2, 0) is 13.1 Å². The first-order valence-electron chi connectivity index (χ1n) is 15.3. The highest BCUT2D eigenvalue weighted by Crippen LogP contribution is 2.39. The van der Waals surface area contributed by atoms with Crippen molar-refractivity contribution in [2.75, 3.05) is 38.6 Å². The van der Waals surface area contributed by atoms with Gasteiger partial charge in [-0.2, -0.15) is 0 Å². The third-order valence-electron chi connectivity index (χ3n) is 8.67. The molecular weight excluding hydrogens is 590 g/mol. The number of aliphatic hydroxyl groups excluding tert-OH is 2. The summed E-state index contributed by atoms with van der Waals surface area (Å²) in [5.41, 5.74) is 7.06. The van der Waals surface area contributed by atoms with Crippen LogP contribution in [0.25, 0.3) is 22.4 Å². The minimum absolute atomic E-state index is 0.271. The van der Waals surface area contributed by atoms with Crippen LogP contribution in [-0.4, -0.2) is 81.4 Å². The van der Waals surface area contributed by atoms with E-state index >= 15 is 0 Å². The van der Waals surface area contributed by atoms with Crippen molar-refractivity contribution in [2.24, 2.45) is 0 Å². The Morgan fingerprint density at radius 1 is 0.978 bits per heavy atom. The third kappa shape index (κ3) is 7.03. The molecule has 0 saturated carbocycles. The fourth-order valence-corrected chi connectivity index (χ4v) is 6.51. The second-order valence-corrected chi connectivity index (χ2v) is 12.3. The fraction of sp³-hybridized carbons (Fsp3) is 0.343. The monoisotopic (exact) mass is 627 g/mol. The summed E-state index contributed by atoms with van der Waals surface area (Å²) in [7, 11) is 1.65. The molecule has 3 N–H and O–H groups in total. The standard InChI is InChI=1S/C35H38ClN5O4/c1-22-28(4-3-5-30(22)39-35(44)31-9-6-23(17-38-31)18-40-14-11-26(42)20-40)29-10-13-37-34(33(29)36)24-7-8-25(32(16-24)45-2)19-41-15-12-27(43)21-41/h3-10,13,16-17,26-27,42-43H,11-12,14-15,18-21H2,1-2H3,(H,39,44). The maximum absolute atomic E-state index is 13.2. The van der Waals surface area contributed by atoms with Gasteiger partial charge in [0.2, 0.25) is 0 Å². The number of halogens is 1. The van der Waals surface area contributed by atoms with Gasteiger partial charge in [0.25, 0.3) is 5.91 Å². The van der Waals surface area contributed by atoms with Gasteiger partial charge in [-0.25, -0.2) is 0 Å². The molecule has 1 amide bonds. The van der Waals surface area contributed by atoms with Crippen molar-refractivity contribution < 1.29 is 19.7 Å². The van der Waals surface area contributed by atoms with Crippen molar-refractivity contribution in [1.82, 2.24) is 19.8 Å². The van der Waals surface area contributed by atoms with E-state index < -0.39 is 0 Å². The van der Waals surface area contributed by atoms with Crippen molar-refractivity contribution in [1.29, 1.82) is 0 Å². The average Bonchev–Trinajstić information content (AvgIpc) is 3.65. The van der Waals surface area contributed by atoms with Gasteiger partial charge in [0.15, 0.2) is 0 Å². The van der Waals surface area contributed by atoms with Gasteiger partial charge in [-0.3, -0.25) is 24.6 Å². The molecule has 0 bridgehead atoms. The molecule has 10 heteroatoms. The predicted octanol–water partition coefficient (Wildman–Crippen LogP) is 5.17. The van der Waals surface area contributed by atoms with Gasteiger partial charge < -0.3 is 20.3 Å². The highest BCUT2D eigenvalue weighted by Gasteiger charge is 2.23. The molecular formula is C35H38ClN5O4. The first-order chi connectivity index (χ1) is 21.8. The molecule has 2 atom stereocenters. The largest absolute Gasteiger partial charge is 0.496 e. The number of hydrogen-bond acceptors (Lipinski definition) is 8. The van der Waals surface area contributed by atoms with Gasteiger partial charge in [0.1, 0.15) is 11.4 Å². The Morgan fingerprint density at radius 3 is 2.40 bits per heavy atom. The number of β-amino-alcohol motifs (C(OH)–C–C–N with tert-alkyl or cyclic N) is 2. The quantitative estimate of drug-likeness (QED) is 0.233. The molecule has 2 fully saturated rings. The van der Waals surface area contributed by atoms with Crippen LogP contribution in [0, 0.1) is 6.92 Å². The molecule has 0 aliphatic carbocycles. The molecule has 2 aromatic carbocycles. The molecule has 4 aromatic rings.